The molecule has 23 heavy (non-hydrogen) atoms. The van der Waals surface area contributed by atoms with Gasteiger partial charge in [0.2, 0.25) is 0 Å². The van der Waals surface area contributed by atoms with Crippen LogP contribution in [0.25, 0.3) is 5.57 Å². The molecule has 0 aromatic heterocycles. The summed E-state index contributed by atoms with van der Waals surface area (Å²) in [6, 6.07) is 15.0. The highest BCUT2D eigenvalue weighted by atomic mass is 79.9. The van der Waals surface area contributed by atoms with Crippen LogP contribution < -0.4 is 4.74 Å². The van der Waals surface area contributed by atoms with Crippen molar-refractivity contribution < 1.29 is 17.9 Å². The van der Waals surface area contributed by atoms with Crippen LogP contribution in [0.15, 0.2) is 64.4 Å². The lowest BCUT2D eigenvalue weighted by molar-refractivity contribution is -0.0691. The molecular formula is C17H14BrF3OS. The first-order valence-electron chi connectivity index (χ1n) is 6.69. The van der Waals surface area contributed by atoms with E-state index in [-0.39, 0.29) is 15.8 Å². The van der Waals surface area contributed by atoms with Crippen molar-refractivity contribution in [3.05, 3.63) is 65.1 Å². The molecular weight excluding hydrogens is 389 g/mol. The van der Waals surface area contributed by atoms with Gasteiger partial charge in [0.1, 0.15) is 5.75 Å². The molecule has 0 unspecified atom stereocenters. The fourth-order valence-corrected chi connectivity index (χ4v) is 3.63. The van der Waals surface area contributed by atoms with Gasteiger partial charge in [-0.3, -0.25) is 0 Å². The fraction of sp³-hybridized carbons (Fsp3) is 0.176. The molecule has 6 heteroatoms. The van der Waals surface area contributed by atoms with Crippen LogP contribution in [0.5, 0.6) is 5.75 Å². The third kappa shape index (κ3) is 4.78. The average Bonchev–Trinajstić information content (AvgIpc) is 2.54. The maximum Gasteiger partial charge on any atom is 0.417 e. The van der Waals surface area contributed by atoms with E-state index in [1.807, 2.05) is 6.07 Å². The van der Waals surface area contributed by atoms with Crippen molar-refractivity contribution >= 4 is 33.3 Å². The lowest BCUT2D eigenvalue weighted by atomic mass is 10.1. The highest BCUT2D eigenvalue weighted by Crippen LogP contribution is 2.43. The number of hydrogen-bond donors (Lipinski definition) is 0. The molecule has 0 saturated carbocycles. The molecule has 1 nitrogen and oxygen atoms in total. The number of methoxy groups -OCH3 is 1. The van der Waals surface area contributed by atoms with Crippen LogP contribution in [0.4, 0.5) is 13.2 Å². The van der Waals surface area contributed by atoms with Gasteiger partial charge in [0.05, 0.1) is 12.7 Å². The first-order chi connectivity index (χ1) is 11.0. The number of ether oxygens (including phenoxy) is 1. The Labute approximate surface area is 145 Å². The molecule has 0 heterocycles. The minimum atomic E-state index is -4.46. The number of benzene rings is 2. The molecule has 0 amide bonds. The van der Waals surface area contributed by atoms with E-state index in [1.165, 1.54) is 19.2 Å². The number of hydrogen-bond acceptors (Lipinski definition) is 2. The Morgan fingerprint density at radius 1 is 1.09 bits per heavy atom. The van der Waals surface area contributed by atoms with Crippen LogP contribution in [0.1, 0.15) is 5.56 Å². The van der Waals surface area contributed by atoms with Gasteiger partial charge in [-0.25, -0.2) is 0 Å². The molecule has 0 bridgehead atoms. The summed E-state index contributed by atoms with van der Waals surface area (Å²) in [6.45, 7) is 0. The van der Waals surface area contributed by atoms with Crippen molar-refractivity contribution in [2.75, 3.05) is 12.4 Å². The molecule has 0 saturated heterocycles. The summed E-state index contributed by atoms with van der Waals surface area (Å²) in [5, 5.41) is 0.110. The van der Waals surface area contributed by atoms with Crippen molar-refractivity contribution in [1.82, 2.24) is 0 Å². The predicted molar refractivity (Wildman–Crippen MR) is 92.1 cm³/mol. The van der Waals surface area contributed by atoms with E-state index in [0.717, 1.165) is 16.7 Å². The average molecular weight is 403 g/mol. The first kappa shape index (κ1) is 17.9. The summed E-state index contributed by atoms with van der Waals surface area (Å²) in [4.78, 5) is 0.962. The SMILES string of the molecule is COc1cccc(/C(=C(/CBr)Sc2ccccc2)C(F)(F)F)c1. The number of allylic oxidation sites excluding steroid dienone is 2. The monoisotopic (exact) mass is 402 g/mol. The zero-order valence-electron chi connectivity index (χ0n) is 12.2. The molecule has 2 rings (SSSR count). The van der Waals surface area contributed by atoms with Crippen molar-refractivity contribution in [3.63, 3.8) is 0 Å². The zero-order valence-corrected chi connectivity index (χ0v) is 14.6. The van der Waals surface area contributed by atoms with Gasteiger partial charge in [0, 0.05) is 15.1 Å². The van der Waals surface area contributed by atoms with Crippen LogP contribution in [-0.4, -0.2) is 18.6 Å². The lowest BCUT2D eigenvalue weighted by Gasteiger charge is -2.17. The van der Waals surface area contributed by atoms with Gasteiger partial charge >= 0.3 is 6.18 Å². The lowest BCUT2D eigenvalue weighted by Crippen LogP contribution is -2.13. The normalized spacial score (nSPS) is 12.7. The van der Waals surface area contributed by atoms with Crippen molar-refractivity contribution in [1.29, 1.82) is 0 Å². The predicted octanol–water partition coefficient (Wildman–Crippen LogP) is 6.16. The molecule has 2 aromatic rings. The zero-order chi connectivity index (χ0) is 16.9. The summed E-state index contributed by atoms with van der Waals surface area (Å²) in [6.07, 6.45) is -4.46. The molecule has 0 aliphatic carbocycles. The van der Waals surface area contributed by atoms with Gasteiger partial charge in [-0.15, -0.1) is 0 Å². The second kappa shape index (κ2) is 7.93. The standard InChI is InChI=1S/C17H14BrF3OS/c1-22-13-7-5-6-12(10-13)16(17(19,20)21)15(11-18)23-14-8-3-2-4-9-14/h2-10H,11H2,1H3/b16-15+. The fourth-order valence-electron chi connectivity index (χ4n) is 2.04. The van der Waals surface area contributed by atoms with Gasteiger partial charge in [-0.1, -0.05) is 58.0 Å². The number of alkyl halides is 4. The van der Waals surface area contributed by atoms with Gasteiger partial charge in [0.15, 0.2) is 0 Å². The maximum atomic E-state index is 13.6. The summed E-state index contributed by atoms with van der Waals surface area (Å²) in [7, 11) is 1.43. The van der Waals surface area contributed by atoms with Crippen molar-refractivity contribution in [2.24, 2.45) is 0 Å². The highest BCUT2D eigenvalue weighted by Gasteiger charge is 2.37. The molecule has 0 atom stereocenters. The van der Waals surface area contributed by atoms with Crippen molar-refractivity contribution in [2.45, 2.75) is 11.1 Å². The number of rotatable bonds is 5. The second-order valence-electron chi connectivity index (χ2n) is 4.58. The molecule has 2 aromatic carbocycles. The van der Waals surface area contributed by atoms with Crippen LogP contribution in [0.2, 0.25) is 0 Å². The van der Waals surface area contributed by atoms with Gasteiger partial charge in [-0.2, -0.15) is 13.2 Å². The Balaban J connectivity index is 2.54. The van der Waals surface area contributed by atoms with E-state index in [1.54, 1.807) is 36.4 Å². The van der Waals surface area contributed by atoms with Gasteiger partial charge in [-0.05, 0) is 29.8 Å². The summed E-state index contributed by atoms with van der Waals surface area (Å²) >= 11 is 4.29. The smallest absolute Gasteiger partial charge is 0.417 e. The molecule has 0 aliphatic rings. The highest BCUT2D eigenvalue weighted by molar-refractivity contribution is 9.09. The van der Waals surface area contributed by atoms with Crippen LogP contribution >= 0.6 is 27.7 Å². The quantitative estimate of drug-likeness (QED) is 0.437. The topological polar surface area (TPSA) is 9.23 Å². The van der Waals surface area contributed by atoms with E-state index < -0.39 is 11.7 Å². The number of thioether (sulfide) groups is 1. The van der Waals surface area contributed by atoms with E-state index in [2.05, 4.69) is 15.9 Å². The van der Waals surface area contributed by atoms with Crippen molar-refractivity contribution in [3.8, 4) is 5.75 Å². The van der Waals surface area contributed by atoms with E-state index in [9.17, 15) is 13.2 Å². The largest absolute Gasteiger partial charge is 0.497 e. The molecule has 0 fully saturated rings. The van der Waals surface area contributed by atoms with Crippen LogP contribution in [-0.2, 0) is 0 Å². The second-order valence-corrected chi connectivity index (χ2v) is 6.31. The summed E-state index contributed by atoms with van der Waals surface area (Å²) < 4.78 is 46.0. The molecule has 122 valence electrons. The molecule has 0 spiro atoms. The molecule has 0 N–H and O–H groups in total. The Hall–Kier alpha value is -1.40. The number of halogens is 4. The minimum Gasteiger partial charge on any atom is -0.497 e. The van der Waals surface area contributed by atoms with Gasteiger partial charge in [0.25, 0.3) is 0 Å². The molecule has 0 radical (unpaired) electrons. The molecule has 0 aliphatic heterocycles. The van der Waals surface area contributed by atoms with Gasteiger partial charge < -0.3 is 4.74 Å². The summed E-state index contributed by atoms with van der Waals surface area (Å²) in [5.41, 5.74) is -0.558. The van der Waals surface area contributed by atoms with E-state index >= 15 is 0 Å². The van der Waals surface area contributed by atoms with E-state index in [4.69, 9.17) is 4.74 Å². The Kier molecular flexibility index (Phi) is 6.18. The van der Waals surface area contributed by atoms with Crippen LogP contribution in [0, 0.1) is 0 Å². The Morgan fingerprint density at radius 2 is 1.78 bits per heavy atom. The minimum absolute atomic E-state index is 0.0923. The Bertz CT molecular complexity index is 684. The maximum absolute atomic E-state index is 13.6. The Morgan fingerprint density at radius 3 is 2.35 bits per heavy atom. The van der Waals surface area contributed by atoms with E-state index in [0.29, 0.717) is 5.75 Å². The third-order valence-corrected chi connectivity index (χ3v) is 5.06. The first-order valence-corrected chi connectivity index (χ1v) is 8.63. The van der Waals surface area contributed by atoms with Crippen LogP contribution in [0.3, 0.4) is 0 Å². The third-order valence-electron chi connectivity index (χ3n) is 3.03. The summed E-state index contributed by atoms with van der Waals surface area (Å²) in [5.74, 6) is 0.392.